The summed E-state index contributed by atoms with van der Waals surface area (Å²) in [6, 6.07) is 16.4. The van der Waals surface area contributed by atoms with Crippen molar-refractivity contribution in [2.75, 3.05) is 0 Å². The van der Waals surface area contributed by atoms with E-state index in [1.807, 2.05) is 19.1 Å². The average Bonchev–Trinajstić information content (AvgIpc) is 2.85. The Labute approximate surface area is 227 Å². The van der Waals surface area contributed by atoms with Gasteiger partial charge in [-0.15, -0.1) is 0 Å². The molecule has 1 heterocycles. The fourth-order valence-corrected chi connectivity index (χ4v) is 5.96. The fourth-order valence-electron chi connectivity index (χ4n) is 4.71. The number of aromatic hydroxyl groups is 1. The molecule has 1 atom stereocenters. The third-order valence-corrected chi connectivity index (χ3v) is 8.11. The van der Waals surface area contributed by atoms with Crippen LogP contribution in [-0.4, -0.2) is 21.3 Å². The van der Waals surface area contributed by atoms with E-state index in [9.17, 15) is 24.5 Å². The molecule has 38 heavy (non-hydrogen) atoms. The zero-order valence-corrected chi connectivity index (χ0v) is 22.9. The number of phenolic OH excluding ortho intramolecular Hbond substituents is 1. The molecule has 0 fully saturated rings. The normalized spacial score (nSPS) is 18.0. The molecule has 3 aromatic carbocycles. The van der Waals surface area contributed by atoms with E-state index in [1.54, 1.807) is 36.4 Å². The number of carbonyl (C=O) groups is 1. The van der Waals surface area contributed by atoms with Crippen LogP contribution in [0.4, 0.5) is 4.39 Å². The van der Waals surface area contributed by atoms with Crippen molar-refractivity contribution in [1.82, 2.24) is 0 Å². The van der Waals surface area contributed by atoms with Crippen LogP contribution < -0.4 is 0 Å². The molecule has 0 saturated heterocycles. The van der Waals surface area contributed by atoms with Crippen LogP contribution in [0.15, 0.2) is 76.2 Å². The van der Waals surface area contributed by atoms with Crippen LogP contribution in [0.5, 0.6) is 5.75 Å². The molecular formula is C31H33FO5S. The number of esters is 1. The number of carbonyl (C=O) groups excluding carboxylic acids is 1. The van der Waals surface area contributed by atoms with Gasteiger partial charge in [-0.3, -0.25) is 0 Å². The van der Waals surface area contributed by atoms with Gasteiger partial charge in [0.2, 0.25) is 0 Å². The Morgan fingerprint density at radius 1 is 1.03 bits per heavy atom. The average molecular weight is 537 g/mol. The number of aliphatic hydroxyl groups is 2. The van der Waals surface area contributed by atoms with Gasteiger partial charge in [-0.2, -0.15) is 0 Å². The molecule has 0 amide bonds. The van der Waals surface area contributed by atoms with E-state index in [2.05, 4.69) is 20.8 Å². The van der Waals surface area contributed by atoms with E-state index in [4.69, 9.17) is 4.74 Å². The third kappa shape index (κ3) is 5.89. The number of benzene rings is 3. The maximum atomic E-state index is 13.7. The Morgan fingerprint density at radius 3 is 2.26 bits per heavy atom. The maximum Gasteiger partial charge on any atom is 0.349 e. The molecule has 0 bridgehead atoms. The van der Waals surface area contributed by atoms with Crippen LogP contribution in [0, 0.1) is 12.7 Å². The summed E-state index contributed by atoms with van der Waals surface area (Å²) in [5.41, 5.74) is 2.73. The summed E-state index contributed by atoms with van der Waals surface area (Å²) >= 11 is 1.17. The first kappa shape index (κ1) is 27.7. The molecule has 0 aliphatic carbocycles. The molecule has 1 aliphatic heterocycles. The van der Waals surface area contributed by atoms with Crippen LogP contribution in [-0.2, 0) is 33.6 Å². The summed E-state index contributed by atoms with van der Waals surface area (Å²) < 4.78 is 19.8. The van der Waals surface area contributed by atoms with Gasteiger partial charge < -0.3 is 20.1 Å². The Kier molecular flexibility index (Phi) is 7.90. The molecule has 4 rings (SSSR count). The van der Waals surface area contributed by atoms with Crippen molar-refractivity contribution in [2.45, 2.75) is 69.5 Å². The SMILES string of the molecule is Cc1cc(SC2=C(O)CC(CCc3ccc(O)cc3)(c3ccc(F)cc3)OC2=O)c(C(C)(C)C)cc1CO. The lowest BCUT2D eigenvalue weighted by molar-refractivity contribution is -0.160. The summed E-state index contributed by atoms with van der Waals surface area (Å²) in [6.07, 6.45) is 0.911. The van der Waals surface area contributed by atoms with Gasteiger partial charge in [-0.05, 0) is 83.3 Å². The minimum atomic E-state index is -1.18. The molecule has 0 saturated carbocycles. The molecule has 200 valence electrons. The second kappa shape index (κ2) is 10.8. The lowest BCUT2D eigenvalue weighted by atomic mass is 9.82. The molecule has 3 N–H and O–H groups in total. The molecule has 0 aromatic heterocycles. The highest BCUT2D eigenvalue weighted by Gasteiger charge is 2.44. The lowest BCUT2D eigenvalue weighted by Crippen LogP contribution is -2.38. The lowest BCUT2D eigenvalue weighted by Gasteiger charge is -2.38. The van der Waals surface area contributed by atoms with Crippen LogP contribution in [0.25, 0.3) is 0 Å². The van der Waals surface area contributed by atoms with Gasteiger partial charge in [0.05, 0.1) is 13.0 Å². The molecule has 7 heteroatoms. The van der Waals surface area contributed by atoms with Crippen molar-refractivity contribution >= 4 is 17.7 Å². The molecular weight excluding hydrogens is 503 g/mol. The quantitative estimate of drug-likeness (QED) is 0.283. The highest BCUT2D eigenvalue weighted by atomic mass is 32.2. The Morgan fingerprint density at radius 2 is 1.68 bits per heavy atom. The topological polar surface area (TPSA) is 87.0 Å². The number of thioether (sulfide) groups is 1. The first-order valence-corrected chi connectivity index (χ1v) is 13.4. The van der Waals surface area contributed by atoms with E-state index in [0.29, 0.717) is 18.4 Å². The highest BCUT2D eigenvalue weighted by Crippen LogP contribution is 2.47. The Hall–Kier alpha value is -3.29. The molecule has 5 nitrogen and oxygen atoms in total. The van der Waals surface area contributed by atoms with Crippen molar-refractivity contribution in [3.05, 3.63) is 105 Å². The van der Waals surface area contributed by atoms with E-state index in [-0.39, 0.29) is 34.9 Å². The van der Waals surface area contributed by atoms with Gasteiger partial charge >= 0.3 is 5.97 Å². The van der Waals surface area contributed by atoms with Crippen molar-refractivity contribution < 1.29 is 29.2 Å². The van der Waals surface area contributed by atoms with Crippen LogP contribution in [0.1, 0.15) is 61.4 Å². The predicted octanol–water partition coefficient (Wildman–Crippen LogP) is 6.97. The Bertz CT molecular complexity index is 1360. The number of aliphatic hydroxyl groups excluding tert-OH is 2. The van der Waals surface area contributed by atoms with Crippen molar-refractivity contribution in [2.24, 2.45) is 0 Å². The van der Waals surface area contributed by atoms with Crippen molar-refractivity contribution in [3.8, 4) is 5.75 Å². The van der Waals surface area contributed by atoms with Crippen LogP contribution in [0.3, 0.4) is 0 Å². The first-order chi connectivity index (χ1) is 17.9. The van der Waals surface area contributed by atoms with E-state index in [0.717, 1.165) is 27.1 Å². The van der Waals surface area contributed by atoms with Crippen LogP contribution >= 0.6 is 11.8 Å². The smallest absolute Gasteiger partial charge is 0.349 e. The number of hydrogen-bond donors (Lipinski definition) is 3. The van der Waals surface area contributed by atoms with Gasteiger partial charge in [-0.1, -0.05) is 62.9 Å². The second-order valence-electron chi connectivity index (χ2n) is 10.8. The number of aryl methyl sites for hydroxylation is 2. The minimum absolute atomic E-state index is 0.0450. The van der Waals surface area contributed by atoms with Gasteiger partial charge in [0.15, 0.2) is 0 Å². The summed E-state index contributed by atoms with van der Waals surface area (Å²) in [5.74, 6) is -0.968. The van der Waals surface area contributed by atoms with Gasteiger partial charge in [0.1, 0.15) is 27.8 Å². The number of phenols is 1. The predicted molar refractivity (Wildman–Crippen MR) is 147 cm³/mol. The first-order valence-electron chi connectivity index (χ1n) is 12.5. The van der Waals surface area contributed by atoms with Crippen molar-refractivity contribution in [1.29, 1.82) is 0 Å². The number of ether oxygens (including phenoxy) is 1. The molecule has 1 unspecified atom stereocenters. The minimum Gasteiger partial charge on any atom is -0.511 e. The van der Waals surface area contributed by atoms with E-state index < -0.39 is 17.4 Å². The molecule has 3 aromatic rings. The summed E-state index contributed by atoms with van der Waals surface area (Å²) in [5, 5.41) is 30.6. The van der Waals surface area contributed by atoms with Crippen molar-refractivity contribution in [3.63, 3.8) is 0 Å². The van der Waals surface area contributed by atoms with E-state index in [1.165, 1.54) is 23.9 Å². The summed E-state index contributed by atoms with van der Waals surface area (Å²) in [4.78, 5) is 14.4. The number of rotatable bonds is 7. The third-order valence-electron chi connectivity index (χ3n) is 6.94. The van der Waals surface area contributed by atoms with Crippen LogP contribution in [0.2, 0.25) is 0 Å². The largest absolute Gasteiger partial charge is 0.511 e. The maximum absolute atomic E-state index is 13.7. The highest BCUT2D eigenvalue weighted by molar-refractivity contribution is 8.04. The number of cyclic esters (lactones) is 1. The zero-order chi connectivity index (χ0) is 27.7. The molecule has 0 spiro atoms. The van der Waals surface area contributed by atoms with Gasteiger partial charge in [-0.25, -0.2) is 9.18 Å². The Balaban J connectivity index is 1.71. The standard InChI is InChI=1S/C31H33FO5S/c1-19-15-27(25(30(2,3)4)16-21(19)18-33)38-28-26(35)17-31(37-29(28)36,22-7-9-23(32)10-8-22)14-13-20-5-11-24(34)12-6-20/h5-12,15-16,33-35H,13-14,17-18H2,1-4H3. The van der Waals surface area contributed by atoms with Gasteiger partial charge in [0.25, 0.3) is 0 Å². The summed E-state index contributed by atoms with van der Waals surface area (Å²) in [6.45, 7) is 7.98. The monoisotopic (exact) mass is 536 g/mol. The number of halogens is 1. The molecule has 1 aliphatic rings. The molecule has 0 radical (unpaired) electrons. The number of hydrogen-bond acceptors (Lipinski definition) is 6. The summed E-state index contributed by atoms with van der Waals surface area (Å²) in [7, 11) is 0. The zero-order valence-electron chi connectivity index (χ0n) is 22.0. The fraction of sp³-hybridized carbons (Fsp3) is 0.323. The van der Waals surface area contributed by atoms with E-state index >= 15 is 0 Å². The van der Waals surface area contributed by atoms with Gasteiger partial charge in [0, 0.05) is 4.90 Å². The second-order valence-corrected chi connectivity index (χ2v) is 11.8.